The van der Waals surface area contributed by atoms with Gasteiger partial charge in [-0.3, -0.25) is 10.1 Å². The number of carboxylic acids is 1. The number of carboxylic acid groups (broad SMARTS) is 1. The predicted octanol–water partition coefficient (Wildman–Crippen LogP) is 2.59. The summed E-state index contributed by atoms with van der Waals surface area (Å²) in [5.74, 6) is -1.46. The molecule has 0 aliphatic heterocycles. The van der Waals surface area contributed by atoms with Gasteiger partial charge in [-0.1, -0.05) is 13.8 Å². The third-order valence-corrected chi connectivity index (χ3v) is 3.32. The van der Waals surface area contributed by atoms with Crippen molar-refractivity contribution in [2.45, 2.75) is 19.9 Å². The minimum atomic E-state index is -1.15. The van der Waals surface area contributed by atoms with E-state index >= 15 is 0 Å². The van der Waals surface area contributed by atoms with Crippen molar-refractivity contribution in [3.8, 4) is 0 Å². The van der Waals surface area contributed by atoms with Gasteiger partial charge in [0, 0.05) is 16.6 Å². The van der Waals surface area contributed by atoms with Gasteiger partial charge in [0.05, 0.1) is 10.6 Å². The van der Waals surface area contributed by atoms with E-state index in [1.54, 1.807) is 13.8 Å². The maximum absolute atomic E-state index is 11.8. The zero-order chi connectivity index (χ0) is 16.2. The number of rotatable bonds is 5. The smallest absolute Gasteiger partial charge is 0.326 e. The first-order chi connectivity index (χ1) is 9.72. The van der Waals surface area contributed by atoms with Crippen LogP contribution in [0.3, 0.4) is 0 Å². The average Bonchev–Trinajstić information content (AvgIpc) is 2.37. The Kier molecular flexibility index (Phi) is 5.65. The highest BCUT2D eigenvalue weighted by Crippen LogP contribution is 2.27. The molecule has 0 heterocycles. The first-order valence-electron chi connectivity index (χ1n) is 5.96. The molecule has 114 valence electrons. The number of nitrogens with zero attached hydrogens (tertiary/aromatic N) is 1. The number of aliphatic carboxylic acids is 1. The summed E-state index contributed by atoms with van der Waals surface area (Å²) in [5.41, 5.74) is -0.0123. The molecule has 8 nitrogen and oxygen atoms in total. The lowest BCUT2D eigenvalue weighted by Crippen LogP contribution is -2.46. The number of benzene rings is 1. The monoisotopic (exact) mass is 359 g/mol. The summed E-state index contributed by atoms with van der Waals surface area (Å²) in [6.45, 7) is 3.31. The molecule has 1 aromatic rings. The molecule has 0 aliphatic carbocycles. The Morgan fingerprint density at radius 3 is 2.48 bits per heavy atom. The number of halogens is 1. The quantitative estimate of drug-likeness (QED) is 0.550. The first kappa shape index (κ1) is 16.9. The molecule has 2 amide bonds. The molecule has 3 N–H and O–H groups in total. The molecule has 1 rings (SSSR count). The van der Waals surface area contributed by atoms with Crippen molar-refractivity contribution in [2.24, 2.45) is 5.92 Å². The number of nitrogens with one attached hydrogen (secondary N) is 2. The van der Waals surface area contributed by atoms with Crippen LogP contribution < -0.4 is 10.6 Å². The van der Waals surface area contributed by atoms with Gasteiger partial charge in [0.15, 0.2) is 0 Å². The largest absolute Gasteiger partial charge is 0.480 e. The number of anilines is 1. The molecule has 0 fully saturated rings. The van der Waals surface area contributed by atoms with Crippen molar-refractivity contribution in [3.05, 3.63) is 32.8 Å². The van der Waals surface area contributed by atoms with E-state index in [9.17, 15) is 19.7 Å². The van der Waals surface area contributed by atoms with Crippen LogP contribution in [0.4, 0.5) is 16.2 Å². The van der Waals surface area contributed by atoms with Crippen LogP contribution in [0.1, 0.15) is 13.8 Å². The lowest BCUT2D eigenvalue weighted by molar-refractivity contribution is -0.384. The number of nitro benzene ring substituents is 1. The Hall–Kier alpha value is -2.16. The van der Waals surface area contributed by atoms with Crippen LogP contribution in [0.25, 0.3) is 0 Å². The van der Waals surface area contributed by atoms with Crippen molar-refractivity contribution >= 4 is 39.3 Å². The average molecular weight is 360 g/mol. The Balaban J connectivity index is 2.85. The van der Waals surface area contributed by atoms with Crippen LogP contribution in [0.5, 0.6) is 0 Å². The lowest BCUT2D eigenvalue weighted by Gasteiger charge is -2.18. The number of carbonyl (C=O) groups excluding carboxylic acids is 1. The van der Waals surface area contributed by atoms with Gasteiger partial charge in [0.1, 0.15) is 6.04 Å². The molecule has 9 heteroatoms. The molecule has 0 saturated carbocycles. The molecule has 0 spiro atoms. The summed E-state index contributed by atoms with van der Waals surface area (Å²) in [4.78, 5) is 32.9. The molecule has 0 saturated heterocycles. The number of nitro groups is 1. The van der Waals surface area contributed by atoms with Crippen LogP contribution in [-0.4, -0.2) is 28.1 Å². The second kappa shape index (κ2) is 7.02. The third-order valence-electron chi connectivity index (χ3n) is 2.63. The Labute approximate surface area is 128 Å². The number of hydrogen-bond acceptors (Lipinski definition) is 4. The van der Waals surface area contributed by atoms with Gasteiger partial charge in [-0.15, -0.1) is 0 Å². The minimum Gasteiger partial charge on any atom is -0.480 e. The summed E-state index contributed by atoms with van der Waals surface area (Å²) < 4.78 is 0.444. The zero-order valence-electron chi connectivity index (χ0n) is 11.3. The Morgan fingerprint density at radius 1 is 1.38 bits per heavy atom. The summed E-state index contributed by atoms with van der Waals surface area (Å²) in [7, 11) is 0. The van der Waals surface area contributed by atoms with E-state index in [2.05, 4.69) is 26.6 Å². The van der Waals surface area contributed by atoms with Crippen LogP contribution in [0, 0.1) is 16.0 Å². The molecule has 1 atom stereocenters. The topological polar surface area (TPSA) is 122 Å². The molecule has 1 unspecified atom stereocenters. The number of non-ortho nitro benzene ring substituents is 1. The Bertz CT molecular complexity index is 576. The van der Waals surface area contributed by atoms with Gasteiger partial charge >= 0.3 is 12.0 Å². The van der Waals surface area contributed by atoms with Gasteiger partial charge in [-0.2, -0.15) is 0 Å². The molecule has 21 heavy (non-hydrogen) atoms. The fourth-order valence-corrected chi connectivity index (χ4v) is 1.88. The van der Waals surface area contributed by atoms with Crippen LogP contribution in [0.15, 0.2) is 22.7 Å². The standard InChI is InChI=1S/C12H14BrN3O5/c1-6(2)10(11(17)18)15-12(19)14-9-5-7(16(20)21)3-4-8(9)13/h3-6,10H,1-2H3,(H,17,18)(H2,14,15,19). The van der Waals surface area contributed by atoms with Gasteiger partial charge in [0.2, 0.25) is 0 Å². The van der Waals surface area contributed by atoms with Crippen molar-refractivity contribution < 1.29 is 19.6 Å². The molecule has 0 radical (unpaired) electrons. The maximum Gasteiger partial charge on any atom is 0.326 e. The van der Waals surface area contributed by atoms with E-state index < -0.39 is 23.0 Å². The van der Waals surface area contributed by atoms with Crippen molar-refractivity contribution in [3.63, 3.8) is 0 Å². The fraction of sp³-hybridized carbons (Fsp3) is 0.333. The van der Waals surface area contributed by atoms with E-state index in [0.29, 0.717) is 4.47 Å². The van der Waals surface area contributed by atoms with Crippen molar-refractivity contribution in [1.29, 1.82) is 0 Å². The number of carbonyl (C=O) groups is 2. The second-order valence-corrected chi connectivity index (χ2v) is 5.43. The second-order valence-electron chi connectivity index (χ2n) is 4.58. The molecular formula is C12H14BrN3O5. The van der Waals surface area contributed by atoms with Crippen LogP contribution in [-0.2, 0) is 4.79 Å². The maximum atomic E-state index is 11.8. The number of hydrogen-bond donors (Lipinski definition) is 3. The normalized spacial score (nSPS) is 11.8. The molecule has 0 aliphatic rings. The summed E-state index contributed by atoms with van der Waals surface area (Å²) >= 11 is 3.15. The highest BCUT2D eigenvalue weighted by atomic mass is 79.9. The van der Waals surface area contributed by atoms with E-state index in [1.165, 1.54) is 18.2 Å². The minimum absolute atomic E-state index is 0.176. The number of amides is 2. The third kappa shape index (κ3) is 4.71. The molecular weight excluding hydrogens is 346 g/mol. The van der Waals surface area contributed by atoms with Gasteiger partial charge < -0.3 is 15.7 Å². The van der Waals surface area contributed by atoms with Gasteiger partial charge in [0.25, 0.3) is 5.69 Å². The van der Waals surface area contributed by atoms with Crippen molar-refractivity contribution in [1.82, 2.24) is 5.32 Å². The van der Waals surface area contributed by atoms with Crippen LogP contribution >= 0.6 is 15.9 Å². The summed E-state index contributed by atoms with van der Waals surface area (Å²) in [6, 6.07) is 2.07. The molecule has 0 aromatic heterocycles. The van der Waals surface area contributed by atoms with E-state index in [0.717, 1.165) is 0 Å². The highest BCUT2D eigenvalue weighted by Gasteiger charge is 2.23. The lowest BCUT2D eigenvalue weighted by atomic mass is 10.1. The molecule has 0 bridgehead atoms. The van der Waals surface area contributed by atoms with Crippen LogP contribution in [0.2, 0.25) is 0 Å². The fourth-order valence-electron chi connectivity index (χ4n) is 1.54. The van der Waals surface area contributed by atoms with Gasteiger partial charge in [-0.25, -0.2) is 9.59 Å². The van der Waals surface area contributed by atoms with E-state index in [-0.39, 0.29) is 17.3 Å². The molecule has 1 aromatic carbocycles. The van der Waals surface area contributed by atoms with E-state index in [4.69, 9.17) is 5.11 Å². The van der Waals surface area contributed by atoms with Crippen molar-refractivity contribution in [2.75, 3.05) is 5.32 Å². The predicted molar refractivity (Wildman–Crippen MR) is 79.2 cm³/mol. The summed E-state index contributed by atoms with van der Waals surface area (Å²) in [6.07, 6.45) is 0. The Morgan fingerprint density at radius 2 is 2.00 bits per heavy atom. The SMILES string of the molecule is CC(C)C(NC(=O)Nc1cc([N+](=O)[O-])ccc1Br)C(=O)O. The summed E-state index contributed by atoms with van der Waals surface area (Å²) in [5, 5.41) is 24.4. The number of urea groups is 1. The zero-order valence-corrected chi connectivity index (χ0v) is 12.9. The highest BCUT2D eigenvalue weighted by molar-refractivity contribution is 9.10. The van der Waals surface area contributed by atoms with Gasteiger partial charge in [-0.05, 0) is 27.9 Å². The van der Waals surface area contributed by atoms with E-state index in [1.807, 2.05) is 0 Å². The first-order valence-corrected chi connectivity index (χ1v) is 6.76.